The van der Waals surface area contributed by atoms with Crippen molar-refractivity contribution in [2.45, 2.75) is 20.3 Å². The summed E-state index contributed by atoms with van der Waals surface area (Å²) in [5, 5.41) is 3.87. The van der Waals surface area contributed by atoms with Gasteiger partial charge in [-0.05, 0) is 29.1 Å². The van der Waals surface area contributed by atoms with Crippen molar-refractivity contribution in [3.8, 4) is 0 Å². The van der Waals surface area contributed by atoms with E-state index in [0.29, 0.717) is 12.0 Å². The van der Waals surface area contributed by atoms with Gasteiger partial charge in [0.25, 0.3) is 0 Å². The largest absolute Gasteiger partial charge is 0.364 e. The van der Waals surface area contributed by atoms with Crippen LogP contribution in [0.4, 0.5) is 0 Å². The predicted octanol–water partition coefficient (Wildman–Crippen LogP) is 2.61. The highest BCUT2D eigenvalue weighted by atomic mass is 16.5. The number of hydrogen-bond donors (Lipinski definition) is 0. The maximum Gasteiger partial charge on any atom is 0.181 e. The molecule has 0 spiro atoms. The van der Waals surface area contributed by atoms with Gasteiger partial charge < -0.3 is 4.52 Å². The lowest BCUT2D eigenvalue weighted by molar-refractivity contribution is -0.111. The van der Waals surface area contributed by atoms with Gasteiger partial charge >= 0.3 is 0 Å². The van der Waals surface area contributed by atoms with Gasteiger partial charge in [0.15, 0.2) is 5.78 Å². The summed E-state index contributed by atoms with van der Waals surface area (Å²) in [7, 11) is 0. The minimum Gasteiger partial charge on any atom is -0.364 e. The monoisotopic (exact) mass is 203 g/mol. The molecule has 0 saturated carbocycles. The van der Waals surface area contributed by atoms with E-state index in [1.54, 1.807) is 12.1 Å². The van der Waals surface area contributed by atoms with Crippen molar-refractivity contribution in [3.63, 3.8) is 0 Å². The standard InChI is InChI=1S/C12H13NO2/c1-8-7-12(2,3)9(6-11(8)14)10-4-5-15-13-10/h4-6H,1,7H2,2-3H3. The van der Waals surface area contributed by atoms with Crippen molar-refractivity contribution in [2.24, 2.45) is 5.41 Å². The highest BCUT2D eigenvalue weighted by Gasteiger charge is 2.32. The van der Waals surface area contributed by atoms with Crippen LogP contribution < -0.4 is 0 Å². The molecule has 0 aliphatic heterocycles. The van der Waals surface area contributed by atoms with Crippen LogP contribution in [-0.2, 0) is 4.79 Å². The van der Waals surface area contributed by atoms with Crippen LogP contribution >= 0.6 is 0 Å². The van der Waals surface area contributed by atoms with Crippen LogP contribution in [0.25, 0.3) is 5.57 Å². The molecule has 1 aromatic rings. The molecule has 78 valence electrons. The summed E-state index contributed by atoms with van der Waals surface area (Å²) in [4.78, 5) is 11.6. The summed E-state index contributed by atoms with van der Waals surface area (Å²) < 4.78 is 4.80. The van der Waals surface area contributed by atoms with Crippen molar-refractivity contribution < 1.29 is 9.32 Å². The van der Waals surface area contributed by atoms with E-state index in [-0.39, 0.29) is 11.2 Å². The van der Waals surface area contributed by atoms with Crippen molar-refractivity contribution in [1.29, 1.82) is 0 Å². The predicted molar refractivity (Wildman–Crippen MR) is 57.0 cm³/mol. The van der Waals surface area contributed by atoms with E-state index in [1.807, 2.05) is 0 Å². The molecule has 1 heterocycles. The molecular formula is C12H13NO2. The Bertz CT molecular complexity index is 438. The Kier molecular flexibility index (Phi) is 2.11. The summed E-state index contributed by atoms with van der Waals surface area (Å²) >= 11 is 0. The Labute approximate surface area is 88.5 Å². The van der Waals surface area contributed by atoms with E-state index in [1.165, 1.54) is 6.26 Å². The summed E-state index contributed by atoms with van der Waals surface area (Å²) in [6.45, 7) is 7.92. The van der Waals surface area contributed by atoms with E-state index < -0.39 is 0 Å². The van der Waals surface area contributed by atoms with Crippen LogP contribution in [0, 0.1) is 5.41 Å². The van der Waals surface area contributed by atoms with Gasteiger partial charge in [-0.25, -0.2) is 0 Å². The molecule has 0 fully saturated rings. The number of ketones is 1. The van der Waals surface area contributed by atoms with Gasteiger partial charge in [-0.3, -0.25) is 4.79 Å². The average Bonchev–Trinajstić information content (AvgIpc) is 2.63. The Balaban J connectivity index is 2.50. The first-order valence-electron chi connectivity index (χ1n) is 4.86. The minimum atomic E-state index is -0.109. The number of carbonyl (C=O) groups excluding carboxylic acids is 1. The number of allylic oxidation sites excluding steroid dienone is 3. The zero-order valence-corrected chi connectivity index (χ0v) is 8.91. The van der Waals surface area contributed by atoms with E-state index in [4.69, 9.17) is 4.52 Å². The number of carbonyl (C=O) groups is 1. The van der Waals surface area contributed by atoms with E-state index >= 15 is 0 Å². The smallest absolute Gasteiger partial charge is 0.181 e. The first kappa shape index (κ1) is 9.90. The average molecular weight is 203 g/mol. The molecule has 0 atom stereocenters. The lowest BCUT2D eigenvalue weighted by Crippen LogP contribution is -2.22. The van der Waals surface area contributed by atoms with Gasteiger partial charge in [-0.1, -0.05) is 25.6 Å². The molecule has 1 aliphatic carbocycles. The number of rotatable bonds is 1. The maximum atomic E-state index is 11.6. The second kappa shape index (κ2) is 3.19. The van der Waals surface area contributed by atoms with E-state index in [2.05, 4.69) is 25.6 Å². The van der Waals surface area contributed by atoms with Crippen LogP contribution in [-0.4, -0.2) is 10.9 Å². The SMILES string of the molecule is C=C1CC(C)(C)C(c2ccon2)=CC1=O. The summed E-state index contributed by atoms with van der Waals surface area (Å²) in [6, 6.07) is 1.77. The minimum absolute atomic E-state index is 0.00711. The Morgan fingerprint density at radius 1 is 1.53 bits per heavy atom. The molecule has 0 aromatic carbocycles. The van der Waals surface area contributed by atoms with Gasteiger partial charge in [-0.15, -0.1) is 0 Å². The van der Waals surface area contributed by atoms with Crippen LogP contribution in [0.1, 0.15) is 26.0 Å². The molecule has 15 heavy (non-hydrogen) atoms. The lowest BCUT2D eigenvalue weighted by atomic mass is 9.72. The lowest BCUT2D eigenvalue weighted by Gasteiger charge is -2.30. The molecule has 0 radical (unpaired) electrons. The number of nitrogens with zero attached hydrogens (tertiary/aromatic N) is 1. The summed E-state index contributed by atoms with van der Waals surface area (Å²) in [5.41, 5.74) is 2.21. The second-order valence-electron chi connectivity index (χ2n) is 4.47. The quantitative estimate of drug-likeness (QED) is 0.659. The van der Waals surface area contributed by atoms with Crippen LogP contribution in [0.15, 0.2) is 35.1 Å². The highest BCUT2D eigenvalue weighted by molar-refractivity contribution is 6.10. The van der Waals surface area contributed by atoms with Crippen molar-refractivity contribution in [1.82, 2.24) is 5.16 Å². The molecule has 0 unspecified atom stereocenters. The fourth-order valence-electron chi connectivity index (χ4n) is 1.92. The fraction of sp³-hybridized carbons (Fsp3) is 0.333. The van der Waals surface area contributed by atoms with Gasteiger partial charge in [0, 0.05) is 6.07 Å². The molecule has 0 amide bonds. The molecule has 1 aliphatic rings. The highest BCUT2D eigenvalue weighted by Crippen LogP contribution is 2.42. The van der Waals surface area contributed by atoms with Gasteiger partial charge in [-0.2, -0.15) is 0 Å². The molecule has 3 heteroatoms. The van der Waals surface area contributed by atoms with Gasteiger partial charge in [0.2, 0.25) is 0 Å². The first-order valence-corrected chi connectivity index (χ1v) is 4.86. The van der Waals surface area contributed by atoms with E-state index in [0.717, 1.165) is 11.3 Å². The van der Waals surface area contributed by atoms with Crippen molar-refractivity contribution in [2.75, 3.05) is 0 Å². The third-order valence-electron chi connectivity index (χ3n) is 2.72. The fourth-order valence-corrected chi connectivity index (χ4v) is 1.92. The third-order valence-corrected chi connectivity index (χ3v) is 2.72. The summed E-state index contributed by atoms with van der Waals surface area (Å²) in [5.74, 6) is -0.00711. The second-order valence-corrected chi connectivity index (χ2v) is 4.47. The molecule has 3 nitrogen and oxygen atoms in total. The Morgan fingerprint density at radius 3 is 2.87 bits per heavy atom. The van der Waals surface area contributed by atoms with Gasteiger partial charge in [0.05, 0.1) is 0 Å². The van der Waals surface area contributed by atoms with Crippen LogP contribution in [0.2, 0.25) is 0 Å². The van der Waals surface area contributed by atoms with Crippen molar-refractivity contribution >= 4 is 11.4 Å². The summed E-state index contributed by atoms with van der Waals surface area (Å²) in [6.07, 6.45) is 3.80. The molecular weight excluding hydrogens is 190 g/mol. The maximum absolute atomic E-state index is 11.6. The normalized spacial score (nSPS) is 20.3. The van der Waals surface area contributed by atoms with Gasteiger partial charge in [0.1, 0.15) is 12.0 Å². The van der Waals surface area contributed by atoms with Crippen molar-refractivity contribution in [3.05, 3.63) is 36.3 Å². The molecule has 2 rings (SSSR count). The van der Waals surface area contributed by atoms with Crippen LogP contribution in [0.5, 0.6) is 0 Å². The third kappa shape index (κ3) is 1.65. The number of aromatic nitrogens is 1. The Morgan fingerprint density at radius 2 is 2.27 bits per heavy atom. The number of hydrogen-bond acceptors (Lipinski definition) is 3. The van der Waals surface area contributed by atoms with Crippen LogP contribution in [0.3, 0.4) is 0 Å². The topological polar surface area (TPSA) is 43.1 Å². The Hall–Kier alpha value is -1.64. The molecule has 0 N–H and O–H groups in total. The van der Waals surface area contributed by atoms with E-state index in [9.17, 15) is 4.79 Å². The first-order chi connectivity index (χ1) is 7.00. The molecule has 0 bridgehead atoms. The molecule has 1 aromatic heterocycles. The zero-order valence-electron chi connectivity index (χ0n) is 8.91. The molecule has 0 saturated heterocycles. The zero-order chi connectivity index (χ0) is 11.1.